The predicted octanol–water partition coefficient (Wildman–Crippen LogP) is 5.34. The fourth-order valence-corrected chi connectivity index (χ4v) is 2.26. The van der Waals surface area contributed by atoms with E-state index in [2.05, 4.69) is 10.6 Å². The van der Waals surface area contributed by atoms with Crippen LogP contribution in [-0.2, 0) is 9.53 Å². The molecule has 0 bridgehead atoms. The average molecular weight is 373 g/mol. The molecule has 5 nitrogen and oxygen atoms in total. The minimum Gasteiger partial charge on any atom is -0.444 e. The lowest BCUT2D eigenvalue weighted by atomic mass is 10.2. The summed E-state index contributed by atoms with van der Waals surface area (Å²) in [7, 11) is 0. The highest BCUT2D eigenvalue weighted by Crippen LogP contribution is 2.17. The van der Waals surface area contributed by atoms with Gasteiger partial charge in [-0.05, 0) is 62.7 Å². The zero-order valence-electron chi connectivity index (χ0n) is 14.9. The van der Waals surface area contributed by atoms with Crippen molar-refractivity contribution in [3.63, 3.8) is 0 Å². The summed E-state index contributed by atoms with van der Waals surface area (Å²) in [5, 5.41) is 5.97. The lowest BCUT2D eigenvalue weighted by Crippen LogP contribution is -2.27. The maximum absolute atomic E-state index is 12.0. The quantitative estimate of drug-likeness (QED) is 0.712. The molecule has 2 aromatic carbocycles. The molecular formula is C20H21ClN2O3. The highest BCUT2D eigenvalue weighted by molar-refractivity contribution is 6.30. The Kier molecular flexibility index (Phi) is 6.41. The third-order valence-electron chi connectivity index (χ3n) is 3.05. The van der Waals surface area contributed by atoms with Crippen LogP contribution in [0.1, 0.15) is 26.3 Å². The molecule has 136 valence electrons. The number of halogens is 1. The SMILES string of the molecule is CC(C)(C)OC(=O)Nc1cccc(NC(=O)C=Cc2cccc(Cl)c2)c1. The van der Waals surface area contributed by atoms with Gasteiger partial charge in [0.15, 0.2) is 0 Å². The van der Waals surface area contributed by atoms with Crippen LogP contribution < -0.4 is 10.6 Å². The summed E-state index contributed by atoms with van der Waals surface area (Å²) in [6, 6.07) is 14.0. The zero-order chi connectivity index (χ0) is 19.2. The Morgan fingerprint density at radius 3 is 2.31 bits per heavy atom. The topological polar surface area (TPSA) is 67.4 Å². The maximum Gasteiger partial charge on any atom is 0.412 e. The van der Waals surface area contributed by atoms with E-state index in [1.165, 1.54) is 6.08 Å². The van der Waals surface area contributed by atoms with Gasteiger partial charge in [0.2, 0.25) is 5.91 Å². The van der Waals surface area contributed by atoms with Gasteiger partial charge in [-0.1, -0.05) is 29.8 Å². The average Bonchev–Trinajstić information content (AvgIpc) is 2.51. The summed E-state index contributed by atoms with van der Waals surface area (Å²) < 4.78 is 5.20. The van der Waals surface area contributed by atoms with Gasteiger partial charge in [-0.25, -0.2) is 4.79 Å². The van der Waals surface area contributed by atoms with Crippen molar-refractivity contribution in [1.29, 1.82) is 0 Å². The molecule has 2 N–H and O–H groups in total. The van der Waals surface area contributed by atoms with E-state index >= 15 is 0 Å². The standard InChI is InChI=1S/C20H21ClN2O3/c1-20(2,3)26-19(25)23-17-9-5-8-16(13-17)22-18(24)11-10-14-6-4-7-15(21)12-14/h4-13H,1-3H3,(H,22,24)(H,23,25). The van der Waals surface area contributed by atoms with Crippen molar-refractivity contribution < 1.29 is 14.3 Å². The summed E-state index contributed by atoms with van der Waals surface area (Å²) in [6.45, 7) is 5.36. The van der Waals surface area contributed by atoms with Crippen molar-refractivity contribution in [3.8, 4) is 0 Å². The normalized spacial score (nSPS) is 11.2. The number of anilines is 2. The third-order valence-corrected chi connectivity index (χ3v) is 3.29. The molecule has 0 aliphatic rings. The molecule has 2 rings (SSSR count). The van der Waals surface area contributed by atoms with Crippen LogP contribution in [-0.4, -0.2) is 17.6 Å². The second-order valence-corrected chi connectivity index (χ2v) is 7.02. The van der Waals surface area contributed by atoms with E-state index in [0.717, 1.165) is 5.56 Å². The smallest absolute Gasteiger partial charge is 0.412 e. The number of hydrogen-bond donors (Lipinski definition) is 2. The Balaban J connectivity index is 1.97. The van der Waals surface area contributed by atoms with Crippen LogP contribution in [0.4, 0.5) is 16.2 Å². The first-order valence-corrected chi connectivity index (χ1v) is 8.44. The molecule has 2 aromatic rings. The van der Waals surface area contributed by atoms with Gasteiger partial charge in [-0.15, -0.1) is 0 Å². The molecule has 0 heterocycles. The van der Waals surface area contributed by atoms with Crippen LogP contribution in [0.5, 0.6) is 0 Å². The molecule has 2 amide bonds. The van der Waals surface area contributed by atoms with Crippen molar-refractivity contribution in [1.82, 2.24) is 0 Å². The van der Waals surface area contributed by atoms with E-state index in [1.54, 1.807) is 63.2 Å². The number of carbonyl (C=O) groups excluding carboxylic acids is 2. The molecule has 0 unspecified atom stereocenters. The predicted molar refractivity (Wildman–Crippen MR) is 105 cm³/mol. The minimum atomic E-state index is -0.582. The monoisotopic (exact) mass is 372 g/mol. The lowest BCUT2D eigenvalue weighted by Gasteiger charge is -2.19. The Labute approximate surface area is 158 Å². The van der Waals surface area contributed by atoms with Crippen molar-refractivity contribution in [2.45, 2.75) is 26.4 Å². The van der Waals surface area contributed by atoms with Crippen molar-refractivity contribution in [2.75, 3.05) is 10.6 Å². The highest BCUT2D eigenvalue weighted by atomic mass is 35.5. The Hall–Kier alpha value is -2.79. The van der Waals surface area contributed by atoms with Crippen LogP contribution in [0.2, 0.25) is 5.02 Å². The molecule has 0 atom stereocenters. The molecule has 6 heteroatoms. The zero-order valence-corrected chi connectivity index (χ0v) is 15.6. The van der Waals surface area contributed by atoms with E-state index < -0.39 is 11.7 Å². The summed E-state index contributed by atoms with van der Waals surface area (Å²) in [5.74, 6) is -0.292. The molecule has 0 fully saturated rings. The van der Waals surface area contributed by atoms with Crippen molar-refractivity contribution >= 4 is 41.1 Å². The van der Waals surface area contributed by atoms with Gasteiger partial charge in [-0.2, -0.15) is 0 Å². The second kappa shape index (κ2) is 8.54. The molecule has 0 radical (unpaired) electrons. The number of nitrogens with one attached hydrogen (secondary N) is 2. The van der Waals surface area contributed by atoms with Crippen LogP contribution >= 0.6 is 11.6 Å². The van der Waals surface area contributed by atoms with Crippen molar-refractivity contribution in [2.24, 2.45) is 0 Å². The molecule has 0 aliphatic carbocycles. The summed E-state index contributed by atoms with van der Waals surface area (Å²) in [5.41, 5.74) is 1.32. The summed E-state index contributed by atoms with van der Waals surface area (Å²) >= 11 is 5.91. The molecule has 0 saturated carbocycles. The first-order chi connectivity index (χ1) is 12.2. The highest BCUT2D eigenvalue weighted by Gasteiger charge is 2.16. The molecule has 0 aliphatic heterocycles. The van der Waals surface area contributed by atoms with Gasteiger partial charge in [0.1, 0.15) is 5.60 Å². The van der Waals surface area contributed by atoms with Gasteiger partial charge in [0, 0.05) is 22.5 Å². The number of hydrogen-bond acceptors (Lipinski definition) is 3. The van der Waals surface area contributed by atoms with E-state index in [9.17, 15) is 9.59 Å². The fourth-order valence-electron chi connectivity index (χ4n) is 2.06. The van der Waals surface area contributed by atoms with E-state index in [4.69, 9.17) is 16.3 Å². The molecular weight excluding hydrogens is 352 g/mol. The summed E-state index contributed by atoms with van der Waals surface area (Å²) in [6.07, 6.45) is 2.53. The number of amides is 2. The largest absolute Gasteiger partial charge is 0.444 e. The molecule has 26 heavy (non-hydrogen) atoms. The maximum atomic E-state index is 12.0. The van der Waals surface area contributed by atoms with Gasteiger partial charge in [0.25, 0.3) is 0 Å². The van der Waals surface area contributed by atoms with Crippen LogP contribution in [0.3, 0.4) is 0 Å². The van der Waals surface area contributed by atoms with E-state index in [-0.39, 0.29) is 5.91 Å². The van der Waals surface area contributed by atoms with Crippen LogP contribution in [0, 0.1) is 0 Å². The Bertz CT molecular complexity index is 826. The van der Waals surface area contributed by atoms with Crippen molar-refractivity contribution in [3.05, 3.63) is 65.2 Å². The van der Waals surface area contributed by atoms with Gasteiger partial charge in [-0.3, -0.25) is 10.1 Å². The fraction of sp³-hybridized carbons (Fsp3) is 0.200. The number of ether oxygens (including phenoxy) is 1. The third kappa shape index (κ3) is 6.99. The molecule has 0 saturated heterocycles. The van der Waals surface area contributed by atoms with Crippen LogP contribution in [0.25, 0.3) is 6.08 Å². The lowest BCUT2D eigenvalue weighted by molar-refractivity contribution is -0.111. The molecule has 0 aromatic heterocycles. The minimum absolute atomic E-state index is 0.292. The number of carbonyl (C=O) groups is 2. The van der Waals surface area contributed by atoms with Crippen LogP contribution in [0.15, 0.2) is 54.6 Å². The Morgan fingerprint density at radius 1 is 1.00 bits per heavy atom. The van der Waals surface area contributed by atoms with E-state index in [1.807, 2.05) is 12.1 Å². The number of benzene rings is 2. The van der Waals surface area contributed by atoms with E-state index in [0.29, 0.717) is 16.4 Å². The molecule has 0 spiro atoms. The first kappa shape index (κ1) is 19.5. The second-order valence-electron chi connectivity index (χ2n) is 6.59. The van der Waals surface area contributed by atoms with Gasteiger partial charge >= 0.3 is 6.09 Å². The number of rotatable bonds is 4. The van der Waals surface area contributed by atoms with Gasteiger partial charge in [0.05, 0.1) is 0 Å². The first-order valence-electron chi connectivity index (χ1n) is 8.06. The van der Waals surface area contributed by atoms with Gasteiger partial charge < -0.3 is 10.1 Å². The summed E-state index contributed by atoms with van der Waals surface area (Å²) in [4.78, 5) is 23.9. The Morgan fingerprint density at radius 2 is 1.65 bits per heavy atom.